The van der Waals surface area contributed by atoms with Gasteiger partial charge in [0.25, 0.3) is 0 Å². The summed E-state index contributed by atoms with van der Waals surface area (Å²) >= 11 is 0. The lowest BCUT2D eigenvalue weighted by molar-refractivity contribution is -0.137. The van der Waals surface area contributed by atoms with E-state index in [0.717, 1.165) is 12.1 Å². The number of halogens is 4. The quantitative estimate of drug-likeness (QED) is 0.859. The van der Waals surface area contributed by atoms with Crippen molar-refractivity contribution in [3.63, 3.8) is 0 Å². The molecule has 0 saturated heterocycles. The Kier molecular flexibility index (Phi) is 4.76. The van der Waals surface area contributed by atoms with Crippen LogP contribution in [0.3, 0.4) is 0 Å². The molecule has 23 heavy (non-hydrogen) atoms. The van der Waals surface area contributed by atoms with Gasteiger partial charge in [-0.2, -0.15) is 13.2 Å². The van der Waals surface area contributed by atoms with Gasteiger partial charge < -0.3 is 0 Å². The zero-order valence-electron chi connectivity index (χ0n) is 12.0. The average molecular weight is 347 g/mol. The van der Waals surface area contributed by atoms with Gasteiger partial charge in [0, 0.05) is 6.54 Å². The first-order valence-electron chi connectivity index (χ1n) is 6.51. The summed E-state index contributed by atoms with van der Waals surface area (Å²) in [5.41, 5.74) is -0.0972. The molecule has 2 rings (SSSR count). The molecule has 2 aromatic rings. The van der Waals surface area contributed by atoms with Crippen molar-refractivity contribution in [3.8, 4) is 0 Å². The average Bonchev–Trinajstić information content (AvgIpc) is 2.48. The highest BCUT2D eigenvalue weighted by molar-refractivity contribution is 7.89. The molecule has 3 nitrogen and oxygen atoms in total. The second-order valence-corrected chi connectivity index (χ2v) is 6.70. The highest BCUT2D eigenvalue weighted by Gasteiger charge is 2.30. The van der Waals surface area contributed by atoms with Crippen LogP contribution in [0, 0.1) is 12.7 Å². The fourth-order valence-electron chi connectivity index (χ4n) is 1.83. The Morgan fingerprint density at radius 1 is 1.04 bits per heavy atom. The van der Waals surface area contributed by atoms with Crippen molar-refractivity contribution in [3.05, 3.63) is 65.0 Å². The number of alkyl halides is 3. The summed E-state index contributed by atoms with van der Waals surface area (Å²) in [7, 11) is -3.98. The number of hydrogen-bond donors (Lipinski definition) is 1. The van der Waals surface area contributed by atoms with Crippen molar-refractivity contribution in [2.24, 2.45) is 0 Å². The molecule has 0 unspecified atom stereocenters. The molecule has 0 heterocycles. The summed E-state index contributed by atoms with van der Waals surface area (Å²) in [5.74, 6) is -0.462. The molecule has 0 aromatic heterocycles. The van der Waals surface area contributed by atoms with E-state index in [9.17, 15) is 26.0 Å². The third kappa shape index (κ3) is 4.29. The van der Waals surface area contributed by atoms with Gasteiger partial charge in [-0.15, -0.1) is 0 Å². The summed E-state index contributed by atoms with van der Waals surface area (Å²) in [6.45, 7) is 1.41. The topological polar surface area (TPSA) is 46.2 Å². The standard InChI is InChI=1S/C15H13F4NO2S/c1-10-2-3-11(8-14(10)16)9-20-23(21,22)13-6-4-12(5-7-13)15(17,18)19/h2-8,20H,9H2,1H3. The summed E-state index contributed by atoms with van der Waals surface area (Å²) in [4.78, 5) is -0.293. The van der Waals surface area contributed by atoms with Gasteiger partial charge in [0.15, 0.2) is 0 Å². The molecule has 0 amide bonds. The maximum Gasteiger partial charge on any atom is 0.416 e. The van der Waals surface area contributed by atoms with Gasteiger partial charge in [0.1, 0.15) is 5.82 Å². The Morgan fingerprint density at radius 3 is 2.17 bits per heavy atom. The third-order valence-corrected chi connectivity index (χ3v) is 4.61. The molecule has 0 fully saturated rings. The Morgan fingerprint density at radius 2 is 1.65 bits per heavy atom. The van der Waals surface area contributed by atoms with Crippen LogP contribution in [0.15, 0.2) is 47.4 Å². The van der Waals surface area contributed by atoms with E-state index in [1.54, 1.807) is 13.0 Å². The number of aryl methyl sites for hydroxylation is 1. The molecular formula is C15H13F4NO2S. The van der Waals surface area contributed by atoms with E-state index in [2.05, 4.69) is 4.72 Å². The highest BCUT2D eigenvalue weighted by Crippen LogP contribution is 2.29. The Labute approximate surface area is 131 Å². The van der Waals surface area contributed by atoms with Crippen LogP contribution < -0.4 is 4.72 Å². The number of sulfonamides is 1. The van der Waals surface area contributed by atoms with Gasteiger partial charge in [0.05, 0.1) is 10.5 Å². The van der Waals surface area contributed by atoms with Crippen molar-refractivity contribution in [2.45, 2.75) is 24.5 Å². The van der Waals surface area contributed by atoms with Crippen LogP contribution in [0.4, 0.5) is 17.6 Å². The molecule has 0 aliphatic rings. The predicted molar refractivity (Wildman–Crippen MR) is 76.6 cm³/mol. The van der Waals surface area contributed by atoms with Crippen LogP contribution in [0.2, 0.25) is 0 Å². The van der Waals surface area contributed by atoms with E-state index in [1.807, 2.05) is 0 Å². The fraction of sp³-hybridized carbons (Fsp3) is 0.200. The lowest BCUT2D eigenvalue weighted by Crippen LogP contribution is -2.23. The zero-order valence-corrected chi connectivity index (χ0v) is 12.8. The third-order valence-electron chi connectivity index (χ3n) is 3.19. The van der Waals surface area contributed by atoms with Crippen molar-refractivity contribution < 1.29 is 26.0 Å². The number of rotatable bonds is 4. The van der Waals surface area contributed by atoms with E-state index < -0.39 is 27.6 Å². The molecule has 2 aromatic carbocycles. The van der Waals surface area contributed by atoms with Crippen LogP contribution in [0.5, 0.6) is 0 Å². The second-order valence-electron chi connectivity index (χ2n) is 4.93. The van der Waals surface area contributed by atoms with Crippen LogP contribution in [0.25, 0.3) is 0 Å². The molecule has 0 atom stereocenters. The first-order valence-corrected chi connectivity index (χ1v) is 8.00. The smallest absolute Gasteiger partial charge is 0.207 e. The van der Waals surface area contributed by atoms with Crippen LogP contribution >= 0.6 is 0 Å². The van der Waals surface area contributed by atoms with Gasteiger partial charge in [-0.3, -0.25) is 0 Å². The molecule has 124 valence electrons. The molecule has 0 aliphatic heterocycles. The first kappa shape index (κ1) is 17.4. The van der Waals surface area contributed by atoms with Crippen molar-refractivity contribution in [2.75, 3.05) is 0 Å². The fourth-order valence-corrected chi connectivity index (χ4v) is 2.85. The molecule has 0 aliphatic carbocycles. The minimum atomic E-state index is -4.53. The lowest BCUT2D eigenvalue weighted by atomic mass is 10.1. The maximum atomic E-state index is 13.4. The molecule has 0 spiro atoms. The van der Waals surface area contributed by atoms with E-state index in [4.69, 9.17) is 0 Å². The highest BCUT2D eigenvalue weighted by atomic mass is 32.2. The van der Waals surface area contributed by atoms with E-state index >= 15 is 0 Å². The van der Waals surface area contributed by atoms with Gasteiger partial charge in [0.2, 0.25) is 10.0 Å². The normalized spacial score (nSPS) is 12.4. The SMILES string of the molecule is Cc1ccc(CNS(=O)(=O)c2ccc(C(F)(F)F)cc2)cc1F. The first-order chi connectivity index (χ1) is 10.6. The Hall–Kier alpha value is -1.93. The minimum Gasteiger partial charge on any atom is -0.207 e. The number of hydrogen-bond acceptors (Lipinski definition) is 2. The minimum absolute atomic E-state index is 0.166. The molecule has 0 saturated carbocycles. The second kappa shape index (κ2) is 6.29. The summed E-state index contributed by atoms with van der Waals surface area (Å²) in [5, 5.41) is 0. The Balaban J connectivity index is 2.14. The molecule has 1 N–H and O–H groups in total. The number of benzene rings is 2. The van der Waals surface area contributed by atoms with Crippen molar-refractivity contribution in [1.29, 1.82) is 0 Å². The summed E-state index contributed by atoms with van der Waals surface area (Å²) in [6.07, 6.45) is -4.53. The van der Waals surface area contributed by atoms with Gasteiger partial charge >= 0.3 is 6.18 Å². The van der Waals surface area contributed by atoms with Crippen LogP contribution in [0.1, 0.15) is 16.7 Å². The van der Waals surface area contributed by atoms with Gasteiger partial charge in [-0.1, -0.05) is 12.1 Å². The molecular weight excluding hydrogens is 334 g/mol. The molecule has 8 heteroatoms. The Bertz CT molecular complexity index is 799. The van der Waals surface area contributed by atoms with E-state index in [1.165, 1.54) is 12.1 Å². The number of nitrogens with one attached hydrogen (secondary N) is 1. The van der Waals surface area contributed by atoms with Crippen molar-refractivity contribution >= 4 is 10.0 Å². The molecule has 0 radical (unpaired) electrons. The van der Waals surface area contributed by atoms with Crippen LogP contribution in [-0.4, -0.2) is 8.42 Å². The monoisotopic (exact) mass is 347 g/mol. The molecule has 0 bridgehead atoms. The van der Waals surface area contributed by atoms with E-state index in [-0.39, 0.29) is 11.4 Å². The maximum absolute atomic E-state index is 13.4. The van der Waals surface area contributed by atoms with Gasteiger partial charge in [-0.05, 0) is 48.4 Å². The predicted octanol–water partition coefficient (Wildman–Crippen LogP) is 3.63. The largest absolute Gasteiger partial charge is 0.416 e. The van der Waals surface area contributed by atoms with Gasteiger partial charge in [-0.25, -0.2) is 17.5 Å². The van der Waals surface area contributed by atoms with Crippen LogP contribution in [-0.2, 0) is 22.7 Å². The summed E-state index contributed by atoms with van der Waals surface area (Å²) in [6, 6.07) is 7.41. The van der Waals surface area contributed by atoms with Crippen molar-refractivity contribution in [1.82, 2.24) is 4.72 Å². The zero-order chi connectivity index (χ0) is 17.3. The summed E-state index contributed by atoms with van der Waals surface area (Å²) < 4.78 is 77.0. The van der Waals surface area contributed by atoms with E-state index in [0.29, 0.717) is 23.3 Å². The lowest BCUT2D eigenvalue weighted by Gasteiger charge is -2.10.